The quantitative estimate of drug-likeness (QED) is 0.304. The Morgan fingerprint density at radius 2 is 1.17 bits per heavy atom. The molecule has 0 spiro atoms. The lowest BCUT2D eigenvalue weighted by Crippen LogP contribution is -2.50. The molecule has 2 aromatic carbocycles. The second kappa shape index (κ2) is 12.1. The Labute approximate surface area is 289 Å². The van der Waals surface area contributed by atoms with E-state index >= 15 is 0 Å². The fraction of sp³-hybridized carbons (Fsp3) is 0.385. The summed E-state index contributed by atoms with van der Waals surface area (Å²) in [6.45, 7) is 15.2. The zero-order valence-corrected chi connectivity index (χ0v) is 30.2. The molecular formula is C39H44Cl2N4O2. The number of hydrogen-bond donors (Lipinski definition) is 0. The van der Waals surface area contributed by atoms with Crippen LogP contribution in [-0.2, 0) is 15.6 Å². The Balaban J connectivity index is 1.48. The highest BCUT2D eigenvalue weighted by molar-refractivity contribution is 6.31. The molecule has 0 N–H and O–H groups in total. The zero-order valence-electron chi connectivity index (χ0n) is 28.7. The van der Waals surface area contributed by atoms with Gasteiger partial charge in [-0.15, -0.1) is 0 Å². The van der Waals surface area contributed by atoms with E-state index < -0.39 is 0 Å². The van der Waals surface area contributed by atoms with Gasteiger partial charge in [0.1, 0.15) is 0 Å². The minimum absolute atomic E-state index is 0.237. The first kappa shape index (κ1) is 33.2. The van der Waals surface area contributed by atoms with Crippen molar-refractivity contribution in [1.82, 2.24) is 9.80 Å². The van der Waals surface area contributed by atoms with Crippen LogP contribution >= 0.6 is 23.2 Å². The van der Waals surface area contributed by atoms with Crippen molar-refractivity contribution in [2.45, 2.75) is 65.2 Å². The maximum atomic E-state index is 13.7. The minimum atomic E-state index is -0.289. The van der Waals surface area contributed by atoms with Gasteiger partial charge in [-0.25, -0.2) is 4.79 Å². The molecule has 3 heterocycles. The van der Waals surface area contributed by atoms with Crippen molar-refractivity contribution in [3.05, 3.63) is 116 Å². The monoisotopic (exact) mass is 670 g/mol. The largest absolute Gasteiger partial charge is 0.344 e. The number of nitrogens with zero attached hydrogens (tertiary/aromatic N) is 4. The fourth-order valence-corrected chi connectivity index (χ4v) is 8.23. The van der Waals surface area contributed by atoms with Gasteiger partial charge in [0.2, 0.25) is 0 Å². The smallest absolute Gasteiger partial charge is 0.326 e. The second-order valence-electron chi connectivity index (χ2n) is 13.9. The van der Waals surface area contributed by atoms with Crippen LogP contribution in [0.2, 0.25) is 10.0 Å². The van der Waals surface area contributed by atoms with Crippen molar-refractivity contribution in [1.29, 1.82) is 0 Å². The van der Waals surface area contributed by atoms with E-state index in [1.807, 2.05) is 12.1 Å². The minimum Gasteiger partial charge on any atom is -0.344 e. The highest BCUT2D eigenvalue weighted by atomic mass is 35.5. The van der Waals surface area contributed by atoms with Crippen LogP contribution in [0, 0.1) is 0 Å². The molecule has 0 bridgehead atoms. The van der Waals surface area contributed by atoms with Crippen LogP contribution in [-0.4, -0.2) is 55.5 Å². The molecule has 4 aliphatic rings. The van der Waals surface area contributed by atoms with Gasteiger partial charge in [0.25, 0.3) is 5.91 Å². The molecule has 6 rings (SSSR count). The van der Waals surface area contributed by atoms with E-state index in [0.717, 1.165) is 52.7 Å². The zero-order chi connectivity index (χ0) is 34.0. The molecular weight excluding hydrogens is 627 g/mol. The van der Waals surface area contributed by atoms with Gasteiger partial charge < -0.3 is 14.7 Å². The van der Waals surface area contributed by atoms with Crippen molar-refractivity contribution in [3.63, 3.8) is 0 Å². The van der Waals surface area contributed by atoms with Gasteiger partial charge in [0, 0.05) is 76.4 Å². The van der Waals surface area contributed by atoms with Crippen LogP contribution in [0.1, 0.15) is 65.5 Å². The maximum Gasteiger partial charge on any atom is 0.326 e. The van der Waals surface area contributed by atoms with Crippen molar-refractivity contribution < 1.29 is 9.59 Å². The molecule has 3 amide bonds. The molecule has 2 aromatic rings. The topological polar surface area (TPSA) is 47.1 Å². The van der Waals surface area contributed by atoms with E-state index in [1.54, 1.807) is 19.0 Å². The first-order valence-electron chi connectivity index (χ1n) is 16.5. The number of imide groups is 1. The van der Waals surface area contributed by atoms with Crippen molar-refractivity contribution in [2.24, 2.45) is 0 Å². The van der Waals surface area contributed by atoms with Crippen LogP contribution < -0.4 is 9.80 Å². The Hall–Kier alpha value is -3.74. The van der Waals surface area contributed by atoms with Crippen molar-refractivity contribution in [3.8, 4) is 0 Å². The van der Waals surface area contributed by atoms with Gasteiger partial charge in [0.05, 0.1) is 6.54 Å². The third-order valence-corrected chi connectivity index (χ3v) is 10.9. The molecule has 1 aliphatic carbocycles. The average Bonchev–Trinajstić information content (AvgIpc) is 3.60. The van der Waals surface area contributed by atoms with Crippen LogP contribution in [0.4, 0.5) is 16.2 Å². The summed E-state index contributed by atoms with van der Waals surface area (Å²) in [7, 11) is 3.32. The molecule has 3 aliphatic heterocycles. The summed E-state index contributed by atoms with van der Waals surface area (Å²) >= 11 is 12.9. The lowest BCUT2D eigenvalue weighted by Gasteiger charge is -2.32. The van der Waals surface area contributed by atoms with Crippen LogP contribution in [0.25, 0.3) is 0 Å². The highest BCUT2D eigenvalue weighted by Gasteiger charge is 2.41. The van der Waals surface area contributed by atoms with Gasteiger partial charge in [-0.1, -0.05) is 63.0 Å². The number of carbonyl (C=O) groups is 2. The molecule has 246 valence electrons. The number of benzene rings is 2. The van der Waals surface area contributed by atoms with E-state index in [0.29, 0.717) is 5.57 Å². The number of fused-ring (bicyclic) bond motifs is 2. The Bertz CT molecular complexity index is 1740. The van der Waals surface area contributed by atoms with E-state index in [-0.39, 0.29) is 29.3 Å². The number of carbonyl (C=O) groups excluding carboxylic acids is 2. The first-order chi connectivity index (χ1) is 22.2. The molecule has 0 radical (unpaired) electrons. The number of allylic oxidation sites excluding steroid dienone is 9. The number of hydrogen-bond acceptors (Lipinski definition) is 4. The van der Waals surface area contributed by atoms with E-state index in [2.05, 4.69) is 99.9 Å². The SMILES string of the molecule is CCN1C(=CC=C2CCC(=CC=C3N(CC)c4ccc(Cl)cc4C3(C)C)C2=C2CN(C)C(=O)N(C)C2=O)C(C)(C)c2cc(Cl)ccc21. The van der Waals surface area contributed by atoms with Crippen LogP contribution in [0.5, 0.6) is 0 Å². The standard InChI is InChI=1S/C39H44Cl2N4O2/c1-9-44-31-17-15-26(40)21-29(31)38(3,4)33(44)19-13-24-11-12-25(35(24)28-23-42(7)37(47)43(8)36(28)46)14-20-34-39(5,6)30-22-27(41)16-18-32(30)45(34)10-2/h13-22H,9-12,23H2,1-8H3. The molecule has 1 saturated heterocycles. The normalized spacial score (nSPS) is 23.8. The first-order valence-corrected chi connectivity index (χ1v) is 17.2. The lowest BCUT2D eigenvalue weighted by atomic mass is 9.83. The van der Waals surface area contributed by atoms with Gasteiger partial charge in [0.15, 0.2) is 0 Å². The van der Waals surface area contributed by atoms with E-state index in [9.17, 15) is 9.59 Å². The number of likely N-dealkylation sites (N-methyl/N-ethyl adjacent to an activating group) is 4. The van der Waals surface area contributed by atoms with Gasteiger partial charge in [-0.3, -0.25) is 9.69 Å². The Kier molecular flexibility index (Phi) is 8.51. The molecule has 0 atom stereocenters. The van der Waals surface area contributed by atoms with Crippen LogP contribution in [0.15, 0.2) is 94.4 Å². The summed E-state index contributed by atoms with van der Waals surface area (Å²) in [4.78, 5) is 34.0. The predicted octanol–water partition coefficient (Wildman–Crippen LogP) is 9.16. The van der Waals surface area contributed by atoms with Gasteiger partial charge in [-0.05, 0) is 103 Å². The van der Waals surface area contributed by atoms with Gasteiger partial charge in [-0.2, -0.15) is 0 Å². The summed E-state index contributed by atoms with van der Waals surface area (Å²) in [5, 5.41) is 1.46. The number of amides is 3. The lowest BCUT2D eigenvalue weighted by molar-refractivity contribution is -0.125. The third-order valence-electron chi connectivity index (χ3n) is 10.4. The number of anilines is 2. The fourth-order valence-electron chi connectivity index (χ4n) is 7.89. The van der Waals surface area contributed by atoms with Crippen molar-refractivity contribution >= 4 is 46.5 Å². The summed E-state index contributed by atoms with van der Waals surface area (Å²) in [6.07, 6.45) is 10.4. The Morgan fingerprint density at radius 3 is 1.60 bits per heavy atom. The van der Waals surface area contributed by atoms with Crippen molar-refractivity contribution in [2.75, 3.05) is 43.5 Å². The summed E-state index contributed by atoms with van der Waals surface area (Å²) in [5.41, 5.74) is 10.5. The maximum absolute atomic E-state index is 13.7. The van der Waals surface area contributed by atoms with Gasteiger partial charge >= 0.3 is 6.03 Å². The number of urea groups is 1. The molecule has 0 unspecified atom stereocenters. The molecule has 47 heavy (non-hydrogen) atoms. The molecule has 8 heteroatoms. The summed E-state index contributed by atoms with van der Waals surface area (Å²) in [5.74, 6) is -0.237. The molecule has 6 nitrogen and oxygen atoms in total. The van der Waals surface area contributed by atoms with E-state index in [1.165, 1.54) is 38.8 Å². The second-order valence-corrected chi connectivity index (χ2v) is 14.8. The molecule has 0 aromatic heterocycles. The third kappa shape index (κ3) is 5.34. The predicted molar refractivity (Wildman–Crippen MR) is 194 cm³/mol. The van der Waals surface area contributed by atoms with E-state index in [4.69, 9.17) is 23.2 Å². The summed E-state index contributed by atoms with van der Waals surface area (Å²) < 4.78 is 0. The molecule has 2 fully saturated rings. The molecule has 1 saturated carbocycles. The van der Waals surface area contributed by atoms with Crippen LogP contribution in [0.3, 0.4) is 0 Å². The number of rotatable bonds is 4. The highest BCUT2D eigenvalue weighted by Crippen LogP contribution is 2.50. The Morgan fingerprint density at radius 1 is 0.723 bits per heavy atom. The summed E-state index contributed by atoms with van der Waals surface area (Å²) in [6, 6.07) is 12.0. The average molecular weight is 672 g/mol. The number of halogens is 2.